The molecule has 0 saturated heterocycles. The number of benzene rings is 2. The number of carbonyl (C=O) groups excluding carboxylic acids is 1. The summed E-state index contributed by atoms with van der Waals surface area (Å²) in [5, 5.41) is 21.2. The lowest BCUT2D eigenvalue weighted by Crippen LogP contribution is -2.51. The zero-order chi connectivity index (χ0) is 31.4. The quantitative estimate of drug-likeness (QED) is 0.234. The lowest BCUT2D eigenvalue weighted by atomic mass is 9.51. The number of hydrogen-bond acceptors (Lipinski definition) is 3. The highest BCUT2D eigenvalue weighted by Gasteiger charge is 2.59. The predicted molar refractivity (Wildman–Crippen MR) is 179 cm³/mol. The number of fused-ring (bicyclic) bond motifs is 5. The van der Waals surface area contributed by atoms with Gasteiger partial charge in [-0.25, -0.2) is 4.39 Å². The Balaban J connectivity index is 1.07. The van der Waals surface area contributed by atoms with Crippen molar-refractivity contribution in [1.29, 1.82) is 0 Å². The summed E-state index contributed by atoms with van der Waals surface area (Å²) >= 11 is 0. The molecule has 6 rings (SSSR count). The van der Waals surface area contributed by atoms with Crippen LogP contribution in [0.3, 0.4) is 0 Å². The van der Waals surface area contributed by atoms with Crippen molar-refractivity contribution < 1.29 is 19.4 Å². The van der Waals surface area contributed by atoms with Crippen LogP contribution >= 0.6 is 0 Å². The monoisotopic (exact) mass is 617 g/mol. The Kier molecular flexibility index (Phi) is 10.5. The number of halogens is 1. The Bertz CT molecular complexity index is 1260. The Hall–Kier alpha value is -2.40. The van der Waals surface area contributed by atoms with E-state index in [1.165, 1.54) is 37.7 Å². The van der Waals surface area contributed by atoms with Gasteiger partial charge in [0.2, 0.25) is 5.91 Å². The predicted octanol–water partition coefficient (Wildman–Crippen LogP) is 8.78. The summed E-state index contributed by atoms with van der Waals surface area (Å²) in [6, 6.07) is 16.0. The number of hydrogen-bond donors (Lipinski definition) is 2. The van der Waals surface area contributed by atoms with Crippen molar-refractivity contribution in [3.05, 3.63) is 65.2 Å². The van der Waals surface area contributed by atoms with Crippen LogP contribution in [0.4, 0.5) is 4.39 Å². The van der Waals surface area contributed by atoms with Crippen LogP contribution in [0.1, 0.15) is 119 Å². The van der Waals surface area contributed by atoms with Gasteiger partial charge < -0.3 is 15.1 Å². The van der Waals surface area contributed by atoms with E-state index in [-0.39, 0.29) is 23.0 Å². The number of phenolic OH excluding ortho intramolecular Hbond substituents is 1. The summed E-state index contributed by atoms with van der Waals surface area (Å²) in [5.41, 5.74) is 3.17. The molecule has 3 saturated carbocycles. The van der Waals surface area contributed by atoms with Gasteiger partial charge in [0, 0.05) is 25.4 Å². The van der Waals surface area contributed by atoms with Crippen molar-refractivity contribution in [3.8, 4) is 5.75 Å². The molecule has 1 amide bonds. The molecule has 246 valence electrons. The van der Waals surface area contributed by atoms with Crippen LogP contribution in [0, 0.1) is 29.1 Å². The second kappa shape index (κ2) is 14.6. The Morgan fingerprint density at radius 1 is 0.978 bits per heavy atom. The van der Waals surface area contributed by atoms with Gasteiger partial charge in [-0.15, -0.1) is 0 Å². The van der Waals surface area contributed by atoms with Gasteiger partial charge >= 0.3 is 0 Å². The molecule has 45 heavy (non-hydrogen) atoms. The van der Waals surface area contributed by atoms with Crippen molar-refractivity contribution >= 4 is 5.91 Å². The summed E-state index contributed by atoms with van der Waals surface area (Å²) in [6.07, 6.45) is 14.8. The van der Waals surface area contributed by atoms with Gasteiger partial charge in [0.25, 0.3) is 0 Å². The topological polar surface area (TPSA) is 60.8 Å². The fourth-order valence-corrected chi connectivity index (χ4v) is 10.2. The summed E-state index contributed by atoms with van der Waals surface area (Å²) in [6.45, 7) is 3.89. The molecular weight excluding hydrogens is 561 g/mol. The van der Waals surface area contributed by atoms with E-state index in [2.05, 4.69) is 36.1 Å². The van der Waals surface area contributed by atoms with E-state index in [1.807, 2.05) is 18.2 Å². The molecule has 4 aliphatic carbocycles. The first-order valence-electron chi connectivity index (χ1n) is 18.3. The van der Waals surface area contributed by atoms with Gasteiger partial charge in [0.15, 0.2) is 0 Å². The molecule has 3 unspecified atom stereocenters. The molecule has 0 heterocycles. The Morgan fingerprint density at radius 2 is 1.78 bits per heavy atom. The summed E-state index contributed by atoms with van der Waals surface area (Å²) in [7, 11) is 0. The first kappa shape index (κ1) is 32.5. The summed E-state index contributed by atoms with van der Waals surface area (Å²) < 4.78 is 16.1. The molecular formula is C40H56FNO3. The molecule has 0 radical (unpaired) electrons. The van der Waals surface area contributed by atoms with E-state index in [4.69, 9.17) is 0 Å². The first-order chi connectivity index (χ1) is 21.8. The average molecular weight is 618 g/mol. The number of aromatic hydroxyl groups is 1. The molecule has 0 bridgehead atoms. The molecule has 2 aromatic carbocycles. The van der Waals surface area contributed by atoms with Crippen LogP contribution < -0.4 is 0 Å². The number of nitrogens with zero attached hydrogens (tertiary/aromatic N) is 1. The minimum Gasteiger partial charge on any atom is -0.508 e. The number of aliphatic hydroxyl groups is 1. The largest absolute Gasteiger partial charge is 0.508 e. The number of amides is 1. The van der Waals surface area contributed by atoms with E-state index >= 15 is 4.39 Å². The van der Waals surface area contributed by atoms with Gasteiger partial charge in [-0.2, -0.15) is 0 Å². The van der Waals surface area contributed by atoms with Crippen LogP contribution in [0.2, 0.25) is 0 Å². The number of unbranched alkanes of at least 4 members (excludes halogenated alkanes) is 2. The van der Waals surface area contributed by atoms with E-state index in [9.17, 15) is 15.0 Å². The number of carbonyl (C=O) groups is 1. The van der Waals surface area contributed by atoms with Gasteiger partial charge in [0.05, 0.1) is 6.10 Å². The smallest absolute Gasteiger partial charge is 0.222 e. The molecule has 3 fully saturated rings. The molecule has 7 atom stereocenters. The number of aliphatic hydroxyl groups excluding tert-OH is 1. The number of aryl methyl sites for hydroxylation is 1. The fourth-order valence-electron chi connectivity index (χ4n) is 10.2. The zero-order valence-corrected chi connectivity index (χ0v) is 27.5. The SMILES string of the molecule is C[C@]12C[C@H](F)C3c4ccc(O)cc4C[C@@H](CCCCCN(CC4CCCCC4)C(=O)CCCc4ccccc4)C3C1CC[C@@H]2O. The number of rotatable bonds is 12. The van der Waals surface area contributed by atoms with Crippen LogP contribution in [-0.4, -0.2) is 46.4 Å². The molecule has 4 aliphatic rings. The van der Waals surface area contributed by atoms with E-state index in [0.29, 0.717) is 36.5 Å². The number of phenols is 1. The third kappa shape index (κ3) is 7.29. The van der Waals surface area contributed by atoms with Crippen molar-refractivity contribution in [2.75, 3.05) is 13.1 Å². The van der Waals surface area contributed by atoms with Gasteiger partial charge in [0.1, 0.15) is 11.9 Å². The Morgan fingerprint density at radius 3 is 2.58 bits per heavy atom. The fraction of sp³-hybridized carbons (Fsp3) is 0.675. The third-order valence-electron chi connectivity index (χ3n) is 12.5. The highest BCUT2D eigenvalue weighted by molar-refractivity contribution is 5.76. The third-order valence-corrected chi connectivity index (χ3v) is 12.5. The highest BCUT2D eigenvalue weighted by Crippen LogP contribution is 2.63. The summed E-state index contributed by atoms with van der Waals surface area (Å²) in [4.78, 5) is 15.7. The normalized spacial score (nSPS) is 31.2. The minimum atomic E-state index is -0.962. The molecule has 0 spiro atoms. The Labute approximate surface area is 270 Å². The second-order valence-corrected chi connectivity index (χ2v) is 15.4. The standard InChI is InChI=1S/C40H56FNO3/c1-40-26-35(41)39-33-20-19-32(43)25-31(33)24-30(38(39)34(40)21-22-36(40)44)17-9-4-10-23-42(27-29-14-7-3-8-15-29)37(45)18-11-16-28-12-5-2-6-13-28/h2,5-6,12-13,19-20,25,29-30,34-36,38-39,43-44H,3-4,7-11,14-18,21-24,26-27H2,1H3/t30-,34?,35+,36+,38?,39?,40+/m1/s1. The van der Waals surface area contributed by atoms with Crippen LogP contribution in [-0.2, 0) is 17.6 Å². The maximum Gasteiger partial charge on any atom is 0.222 e. The zero-order valence-electron chi connectivity index (χ0n) is 27.5. The van der Waals surface area contributed by atoms with Crippen molar-refractivity contribution in [2.24, 2.45) is 29.1 Å². The van der Waals surface area contributed by atoms with Crippen LogP contribution in [0.15, 0.2) is 48.5 Å². The van der Waals surface area contributed by atoms with Crippen molar-refractivity contribution in [3.63, 3.8) is 0 Å². The maximum absolute atomic E-state index is 16.1. The van der Waals surface area contributed by atoms with E-state index in [1.54, 1.807) is 6.07 Å². The van der Waals surface area contributed by atoms with Gasteiger partial charge in [-0.3, -0.25) is 4.79 Å². The lowest BCUT2D eigenvalue weighted by Gasteiger charge is -2.54. The van der Waals surface area contributed by atoms with Gasteiger partial charge in [-0.05, 0) is 122 Å². The van der Waals surface area contributed by atoms with Crippen LogP contribution in [0.25, 0.3) is 0 Å². The van der Waals surface area contributed by atoms with E-state index in [0.717, 1.165) is 82.0 Å². The molecule has 2 N–H and O–H groups in total. The lowest BCUT2D eigenvalue weighted by molar-refractivity contribution is -0.132. The van der Waals surface area contributed by atoms with E-state index < -0.39 is 12.3 Å². The molecule has 0 aliphatic heterocycles. The van der Waals surface area contributed by atoms with Gasteiger partial charge in [-0.1, -0.05) is 75.4 Å². The molecule has 0 aromatic heterocycles. The van der Waals surface area contributed by atoms with Crippen molar-refractivity contribution in [2.45, 2.75) is 128 Å². The minimum absolute atomic E-state index is 0.137. The van der Waals surface area contributed by atoms with Crippen molar-refractivity contribution in [1.82, 2.24) is 4.90 Å². The highest BCUT2D eigenvalue weighted by atomic mass is 19.1. The van der Waals surface area contributed by atoms with Crippen LogP contribution in [0.5, 0.6) is 5.75 Å². The molecule has 4 nitrogen and oxygen atoms in total. The molecule has 2 aromatic rings. The molecule has 5 heteroatoms. The number of alkyl halides is 1. The maximum atomic E-state index is 16.1. The second-order valence-electron chi connectivity index (χ2n) is 15.4. The summed E-state index contributed by atoms with van der Waals surface area (Å²) in [5.74, 6) is 2.03. The average Bonchev–Trinajstić information content (AvgIpc) is 3.33. The first-order valence-corrected chi connectivity index (χ1v) is 18.3.